The number of aromatic amines is 2. The van der Waals surface area contributed by atoms with Crippen LogP contribution in [0.2, 0.25) is 0 Å². The average Bonchev–Trinajstić information content (AvgIpc) is 3.53. The van der Waals surface area contributed by atoms with Crippen LogP contribution in [0, 0.1) is 0 Å². The summed E-state index contributed by atoms with van der Waals surface area (Å²) in [7, 11) is 3.38. The molecule has 0 atom stereocenters. The van der Waals surface area contributed by atoms with Crippen molar-refractivity contribution in [1.29, 1.82) is 0 Å². The molecule has 5 heterocycles. The molecule has 0 saturated carbocycles. The van der Waals surface area contributed by atoms with Gasteiger partial charge in [-0.2, -0.15) is 5.10 Å². The van der Waals surface area contributed by atoms with Crippen molar-refractivity contribution in [1.82, 2.24) is 40.0 Å². The molecule has 2 amide bonds. The zero-order chi connectivity index (χ0) is 24.6. The van der Waals surface area contributed by atoms with Crippen LogP contribution in [0.15, 0.2) is 73.6 Å². The molecular weight excluding hydrogens is 454 g/mol. The van der Waals surface area contributed by atoms with Crippen LogP contribution in [0.4, 0.5) is 10.5 Å². The first-order chi connectivity index (χ1) is 17.6. The van der Waals surface area contributed by atoms with Crippen molar-refractivity contribution in [2.75, 3.05) is 19.4 Å². The standard InChI is InChI=1S/C26H21N9O/c1-35(2)26(36)30-18-8-17(11-28-12-18)15-5-6-21-19(9-15)24(34-33-21)25-31-22-14-29-13-20(23(22)32-25)16-4-3-7-27-10-16/h3-14H,1-2H3,(H,30,36)(H,31,32)(H,33,34). The minimum atomic E-state index is -0.216. The molecule has 6 aromatic rings. The number of hydrogen-bond acceptors (Lipinski definition) is 6. The second-order valence-electron chi connectivity index (χ2n) is 8.53. The van der Waals surface area contributed by atoms with Crippen LogP contribution >= 0.6 is 0 Å². The van der Waals surface area contributed by atoms with Gasteiger partial charge in [-0.25, -0.2) is 9.78 Å². The largest absolute Gasteiger partial charge is 0.335 e. The third-order valence-electron chi connectivity index (χ3n) is 5.88. The topological polar surface area (TPSA) is 128 Å². The van der Waals surface area contributed by atoms with Crippen LogP contribution in [-0.4, -0.2) is 60.1 Å². The lowest BCUT2D eigenvalue weighted by Crippen LogP contribution is -2.27. The molecule has 0 radical (unpaired) electrons. The fourth-order valence-corrected chi connectivity index (χ4v) is 4.05. The molecule has 0 aliphatic heterocycles. The first-order valence-corrected chi connectivity index (χ1v) is 11.2. The number of pyridine rings is 3. The van der Waals surface area contributed by atoms with Crippen LogP contribution in [0.25, 0.3) is 55.7 Å². The number of carbonyl (C=O) groups is 1. The lowest BCUT2D eigenvalue weighted by molar-refractivity contribution is 0.230. The quantitative estimate of drug-likeness (QED) is 0.338. The normalized spacial score (nSPS) is 11.2. The van der Waals surface area contributed by atoms with E-state index >= 15 is 0 Å². The number of nitrogens with one attached hydrogen (secondary N) is 3. The maximum Gasteiger partial charge on any atom is 0.321 e. The summed E-state index contributed by atoms with van der Waals surface area (Å²) in [5.74, 6) is 0.636. The van der Waals surface area contributed by atoms with E-state index < -0.39 is 0 Å². The fraction of sp³-hybridized carbons (Fsp3) is 0.0769. The molecule has 0 unspecified atom stereocenters. The Morgan fingerprint density at radius 3 is 2.58 bits per heavy atom. The highest BCUT2D eigenvalue weighted by Gasteiger charge is 2.16. The lowest BCUT2D eigenvalue weighted by atomic mass is 10.0. The zero-order valence-corrected chi connectivity index (χ0v) is 19.5. The molecule has 0 fully saturated rings. The van der Waals surface area contributed by atoms with E-state index in [1.807, 2.05) is 36.4 Å². The monoisotopic (exact) mass is 475 g/mol. The number of nitrogens with zero attached hydrogens (tertiary/aromatic N) is 6. The predicted molar refractivity (Wildman–Crippen MR) is 138 cm³/mol. The lowest BCUT2D eigenvalue weighted by Gasteiger charge is -2.12. The molecule has 5 aromatic heterocycles. The molecular formula is C26H21N9O. The Balaban J connectivity index is 1.41. The van der Waals surface area contributed by atoms with Crippen LogP contribution in [0.5, 0.6) is 0 Å². The van der Waals surface area contributed by atoms with Gasteiger partial charge in [-0.1, -0.05) is 12.1 Å². The second-order valence-corrected chi connectivity index (χ2v) is 8.53. The Kier molecular flexibility index (Phi) is 5.11. The van der Waals surface area contributed by atoms with E-state index in [0.29, 0.717) is 17.2 Å². The van der Waals surface area contributed by atoms with Gasteiger partial charge in [0.15, 0.2) is 5.82 Å². The summed E-state index contributed by atoms with van der Waals surface area (Å²) in [6.45, 7) is 0. The van der Waals surface area contributed by atoms with Crippen molar-refractivity contribution in [3.8, 4) is 33.8 Å². The number of fused-ring (bicyclic) bond motifs is 2. The van der Waals surface area contributed by atoms with Gasteiger partial charge in [0, 0.05) is 61.0 Å². The van der Waals surface area contributed by atoms with Crippen molar-refractivity contribution in [3.05, 3.63) is 73.6 Å². The number of urea groups is 1. The minimum absolute atomic E-state index is 0.216. The van der Waals surface area contributed by atoms with Gasteiger partial charge >= 0.3 is 6.03 Å². The molecule has 176 valence electrons. The summed E-state index contributed by atoms with van der Waals surface area (Å²) in [5.41, 5.74) is 7.45. The highest BCUT2D eigenvalue weighted by Crippen LogP contribution is 2.32. The molecule has 1 aromatic carbocycles. The van der Waals surface area contributed by atoms with E-state index in [1.165, 1.54) is 4.90 Å². The summed E-state index contributed by atoms with van der Waals surface area (Å²) < 4.78 is 0. The molecule has 0 aliphatic carbocycles. The second kappa shape index (κ2) is 8.58. The Labute approximate surface area is 205 Å². The van der Waals surface area contributed by atoms with Gasteiger partial charge in [0.1, 0.15) is 11.2 Å². The third-order valence-corrected chi connectivity index (χ3v) is 5.88. The summed E-state index contributed by atoms with van der Waals surface area (Å²) in [6.07, 6.45) is 10.5. The van der Waals surface area contributed by atoms with E-state index in [1.54, 1.807) is 51.3 Å². The first kappa shape index (κ1) is 21.4. The van der Waals surface area contributed by atoms with Crippen LogP contribution in [-0.2, 0) is 0 Å². The minimum Gasteiger partial charge on any atom is -0.335 e. The average molecular weight is 476 g/mol. The first-order valence-electron chi connectivity index (χ1n) is 11.2. The van der Waals surface area contributed by atoms with Gasteiger partial charge in [-0.15, -0.1) is 0 Å². The summed E-state index contributed by atoms with van der Waals surface area (Å²) in [4.78, 5) is 34.6. The number of rotatable bonds is 4. The highest BCUT2D eigenvalue weighted by molar-refractivity contribution is 5.98. The number of imidazole rings is 1. The number of anilines is 1. The van der Waals surface area contributed by atoms with Gasteiger partial charge in [0.25, 0.3) is 0 Å². The highest BCUT2D eigenvalue weighted by atomic mass is 16.2. The number of benzene rings is 1. The van der Waals surface area contributed by atoms with E-state index in [9.17, 15) is 4.79 Å². The van der Waals surface area contributed by atoms with Crippen molar-refractivity contribution >= 4 is 33.7 Å². The smallest absolute Gasteiger partial charge is 0.321 e. The van der Waals surface area contributed by atoms with Crippen LogP contribution in [0.3, 0.4) is 0 Å². The van der Waals surface area contributed by atoms with Gasteiger partial charge in [-0.05, 0) is 29.8 Å². The van der Waals surface area contributed by atoms with Gasteiger partial charge in [-0.3, -0.25) is 20.1 Å². The summed E-state index contributed by atoms with van der Waals surface area (Å²) in [5, 5.41) is 11.4. The van der Waals surface area contributed by atoms with Crippen LogP contribution in [0.1, 0.15) is 0 Å². The summed E-state index contributed by atoms with van der Waals surface area (Å²) in [6, 6.07) is 11.5. The number of hydrogen-bond donors (Lipinski definition) is 3. The van der Waals surface area contributed by atoms with E-state index in [-0.39, 0.29) is 6.03 Å². The van der Waals surface area contributed by atoms with Crippen LogP contribution < -0.4 is 5.32 Å². The maximum absolute atomic E-state index is 12.0. The molecule has 10 heteroatoms. The number of carbonyl (C=O) groups excluding carboxylic acids is 1. The van der Waals surface area contributed by atoms with E-state index in [0.717, 1.165) is 44.2 Å². The number of aromatic nitrogens is 7. The van der Waals surface area contributed by atoms with E-state index in [4.69, 9.17) is 4.98 Å². The SMILES string of the molecule is CN(C)C(=O)Nc1cncc(-c2ccc3[nH]nc(-c4nc5c(-c6cccnc6)cncc5[nH]4)c3c2)c1. The number of amides is 2. The Bertz CT molecular complexity index is 1720. The molecule has 0 bridgehead atoms. The molecule has 0 aliphatic rings. The zero-order valence-electron chi connectivity index (χ0n) is 19.5. The van der Waals surface area contributed by atoms with Gasteiger partial charge in [0.2, 0.25) is 0 Å². The molecule has 0 saturated heterocycles. The predicted octanol–water partition coefficient (Wildman–Crippen LogP) is 4.72. The molecule has 0 spiro atoms. The summed E-state index contributed by atoms with van der Waals surface area (Å²) >= 11 is 0. The van der Waals surface area contributed by atoms with Crippen molar-refractivity contribution in [2.24, 2.45) is 0 Å². The van der Waals surface area contributed by atoms with Gasteiger partial charge < -0.3 is 15.2 Å². The Morgan fingerprint density at radius 1 is 0.889 bits per heavy atom. The third kappa shape index (κ3) is 3.80. The Morgan fingerprint density at radius 2 is 1.75 bits per heavy atom. The number of H-pyrrole nitrogens is 2. The van der Waals surface area contributed by atoms with Gasteiger partial charge in [0.05, 0.1) is 29.1 Å². The fourth-order valence-electron chi connectivity index (χ4n) is 4.05. The molecule has 10 nitrogen and oxygen atoms in total. The van der Waals surface area contributed by atoms with E-state index in [2.05, 4.69) is 35.5 Å². The van der Waals surface area contributed by atoms with Crippen molar-refractivity contribution < 1.29 is 4.79 Å². The maximum atomic E-state index is 12.0. The molecule has 6 rings (SSSR count). The molecule has 3 N–H and O–H groups in total. The molecule has 36 heavy (non-hydrogen) atoms. The Hall–Kier alpha value is -5.12. The van der Waals surface area contributed by atoms with Crippen molar-refractivity contribution in [2.45, 2.75) is 0 Å². The van der Waals surface area contributed by atoms with Crippen molar-refractivity contribution in [3.63, 3.8) is 0 Å².